The van der Waals surface area contributed by atoms with E-state index in [0.29, 0.717) is 11.1 Å². The van der Waals surface area contributed by atoms with Gasteiger partial charge in [0.2, 0.25) is 0 Å². The SMILES string of the molecule is C[C@@](O)(c1ccc(O)cc1)[C@H](O)c1ccc(O)cc1. The van der Waals surface area contributed by atoms with E-state index < -0.39 is 11.7 Å². The molecule has 4 heteroatoms. The Labute approximate surface area is 111 Å². The highest BCUT2D eigenvalue weighted by Gasteiger charge is 2.33. The van der Waals surface area contributed by atoms with Gasteiger partial charge in [0.05, 0.1) is 0 Å². The summed E-state index contributed by atoms with van der Waals surface area (Å²) in [6, 6.07) is 12.0. The molecule has 0 spiro atoms. The molecule has 0 aliphatic rings. The molecule has 2 atom stereocenters. The van der Waals surface area contributed by atoms with Crippen LogP contribution in [0.1, 0.15) is 24.2 Å². The molecule has 0 bridgehead atoms. The monoisotopic (exact) mass is 260 g/mol. The molecule has 0 amide bonds. The minimum absolute atomic E-state index is 0.0960. The van der Waals surface area contributed by atoms with Crippen molar-refractivity contribution in [1.82, 2.24) is 0 Å². The van der Waals surface area contributed by atoms with Gasteiger partial charge in [0.1, 0.15) is 23.2 Å². The third-order valence-electron chi connectivity index (χ3n) is 3.19. The summed E-state index contributed by atoms with van der Waals surface area (Å²) in [6.07, 6.45) is -1.14. The molecule has 0 saturated heterocycles. The predicted molar refractivity (Wildman–Crippen MR) is 70.7 cm³/mol. The van der Waals surface area contributed by atoms with Crippen molar-refractivity contribution in [3.05, 3.63) is 59.7 Å². The molecule has 2 aromatic carbocycles. The third kappa shape index (κ3) is 2.70. The van der Waals surface area contributed by atoms with Crippen LogP contribution in [0.15, 0.2) is 48.5 Å². The lowest BCUT2D eigenvalue weighted by Gasteiger charge is -2.30. The molecule has 19 heavy (non-hydrogen) atoms. The smallest absolute Gasteiger partial charge is 0.117 e. The van der Waals surface area contributed by atoms with Crippen molar-refractivity contribution < 1.29 is 20.4 Å². The van der Waals surface area contributed by atoms with Crippen LogP contribution in [0.5, 0.6) is 11.5 Å². The van der Waals surface area contributed by atoms with Crippen LogP contribution in [0, 0.1) is 0 Å². The summed E-state index contributed by atoms with van der Waals surface area (Å²) in [6.45, 7) is 1.50. The van der Waals surface area contributed by atoms with Gasteiger partial charge in [-0.25, -0.2) is 0 Å². The first-order chi connectivity index (χ1) is 8.91. The van der Waals surface area contributed by atoms with Crippen LogP contribution in [-0.4, -0.2) is 20.4 Å². The fraction of sp³-hybridized carbons (Fsp3) is 0.200. The molecule has 2 aromatic rings. The normalized spacial score (nSPS) is 15.7. The highest BCUT2D eigenvalue weighted by atomic mass is 16.3. The van der Waals surface area contributed by atoms with Gasteiger partial charge in [-0.2, -0.15) is 0 Å². The second-order valence-electron chi connectivity index (χ2n) is 4.69. The second kappa shape index (κ2) is 4.91. The summed E-state index contributed by atoms with van der Waals surface area (Å²) in [7, 11) is 0. The van der Waals surface area contributed by atoms with Gasteiger partial charge in [-0.15, -0.1) is 0 Å². The van der Waals surface area contributed by atoms with Crippen molar-refractivity contribution in [2.75, 3.05) is 0 Å². The Bertz CT molecular complexity index is 543. The Hall–Kier alpha value is -2.04. The van der Waals surface area contributed by atoms with Crippen LogP contribution in [0.2, 0.25) is 0 Å². The number of benzene rings is 2. The van der Waals surface area contributed by atoms with Crippen LogP contribution in [-0.2, 0) is 5.60 Å². The minimum atomic E-state index is -1.50. The summed E-state index contributed by atoms with van der Waals surface area (Å²) in [5, 5.41) is 39.2. The minimum Gasteiger partial charge on any atom is -0.508 e. The quantitative estimate of drug-likeness (QED) is 0.680. The fourth-order valence-electron chi connectivity index (χ4n) is 1.94. The maximum absolute atomic E-state index is 10.5. The van der Waals surface area contributed by atoms with E-state index in [-0.39, 0.29) is 11.5 Å². The molecule has 4 nitrogen and oxygen atoms in total. The summed E-state index contributed by atoms with van der Waals surface area (Å²) >= 11 is 0. The van der Waals surface area contributed by atoms with E-state index in [4.69, 9.17) is 0 Å². The lowest BCUT2D eigenvalue weighted by molar-refractivity contribution is -0.0690. The molecule has 0 aromatic heterocycles. The second-order valence-corrected chi connectivity index (χ2v) is 4.69. The number of aromatic hydroxyl groups is 2. The predicted octanol–water partition coefficient (Wildman–Crippen LogP) is 2.04. The summed E-state index contributed by atoms with van der Waals surface area (Å²) in [5.41, 5.74) is -0.508. The molecular formula is C15H16O4. The van der Waals surface area contributed by atoms with Crippen LogP contribution in [0.25, 0.3) is 0 Å². The maximum atomic E-state index is 10.5. The molecule has 0 fully saturated rings. The Kier molecular flexibility index (Phi) is 3.46. The van der Waals surface area contributed by atoms with Gasteiger partial charge in [0, 0.05) is 0 Å². The summed E-state index contributed by atoms with van der Waals surface area (Å²) in [4.78, 5) is 0. The zero-order chi connectivity index (χ0) is 14.0. The van der Waals surface area contributed by atoms with Crippen molar-refractivity contribution in [3.63, 3.8) is 0 Å². The van der Waals surface area contributed by atoms with Crippen molar-refractivity contribution in [1.29, 1.82) is 0 Å². The van der Waals surface area contributed by atoms with E-state index in [0.717, 1.165) is 0 Å². The Morgan fingerprint density at radius 2 is 1.26 bits per heavy atom. The lowest BCUT2D eigenvalue weighted by atomic mass is 9.86. The number of hydrogen-bond acceptors (Lipinski definition) is 4. The van der Waals surface area contributed by atoms with Crippen LogP contribution >= 0.6 is 0 Å². The highest BCUT2D eigenvalue weighted by molar-refractivity contribution is 5.34. The molecule has 100 valence electrons. The first-order valence-electron chi connectivity index (χ1n) is 5.90. The number of aliphatic hydroxyl groups is 2. The van der Waals surface area contributed by atoms with Gasteiger partial charge in [0.15, 0.2) is 0 Å². The zero-order valence-electron chi connectivity index (χ0n) is 10.5. The average molecular weight is 260 g/mol. The first-order valence-corrected chi connectivity index (χ1v) is 5.90. The van der Waals surface area contributed by atoms with E-state index in [2.05, 4.69) is 0 Å². The maximum Gasteiger partial charge on any atom is 0.117 e. The molecule has 0 heterocycles. The lowest BCUT2D eigenvalue weighted by Crippen LogP contribution is -2.29. The Morgan fingerprint density at radius 1 is 0.842 bits per heavy atom. The number of phenols is 2. The van der Waals surface area contributed by atoms with Crippen molar-refractivity contribution in [3.8, 4) is 11.5 Å². The van der Waals surface area contributed by atoms with E-state index in [9.17, 15) is 20.4 Å². The molecule has 0 aliphatic carbocycles. The van der Waals surface area contributed by atoms with E-state index in [1.165, 1.54) is 31.2 Å². The summed E-state index contributed by atoms with van der Waals surface area (Å²) < 4.78 is 0. The van der Waals surface area contributed by atoms with Gasteiger partial charge in [0.25, 0.3) is 0 Å². The number of aliphatic hydroxyl groups excluding tert-OH is 1. The Morgan fingerprint density at radius 3 is 1.74 bits per heavy atom. The number of rotatable bonds is 3. The van der Waals surface area contributed by atoms with Crippen LogP contribution < -0.4 is 0 Å². The average Bonchev–Trinajstić information content (AvgIpc) is 2.39. The topological polar surface area (TPSA) is 80.9 Å². The molecule has 0 saturated carbocycles. The van der Waals surface area contributed by atoms with Crippen molar-refractivity contribution >= 4 is 0 Å². The Balaban J connectivity index is 2.32. The van der Waals surface area contributed by atoms with E-state index in [1.54, 1.807) is 24.3 Å². The molecule has 0 aliphatic heterocycles. The van der Waals surface area contributed by atoms with E-state index >= 15 is 0 Å². The molecule has 0 radical (unpaired) electrons. The molecular weight excluding hydrogens is 244 g/mol. The first kappa shape index (κ1) is 13.4. The summed E-state index contributed by atoms with van der Waals surface area (Å²) in [5.74, 6) is 0.193. The van der Waals surface area contributed by atoms with Crippen LogP contribution in [0.4, 0.5) is 0 Å². The van der Waals surface area contributed by atoms with Crippen LogP contribution in [0.3, 0.4) is 0 Å². The molecule has 2 rings (SSSR count). The molecule has 0 unspecified atom stereocenters. The highest BCUT2D eigenvalue weighted by Crippen LogP contribution is 2.35. The van der Waals surface area contributed by atoms with Gasteiger partial charge >= 0.3 is 0 Å². The standard InChI is InChI=1S/C15H16O4/c1-15(19,11-4-8-13(17)9-5-11)14(18)10-2-6-12(16)7-3-10/h2-9,14,16-19H,1H3/t14-,15-/m1/s1. The van der Waals surface area contributed by atoms with E-state index in [1.807, 2.05) is 0 Å². The fourth-order valence-corrected chi connectivity index (χ4v) is 1.94. The molecule has 4 N–H and O–H groups in total. The largest absolute Gasteiger partial charge is 0.508 e. The van der Waals surface area contributed by atoms with Crippen molar-refractivity contribution in [2.45, 2.75) is 18.6 Å². The zero-order valence-corrected chi connectivity index (χ0v) is 10.5. The third-order valence-corrected chi connectivity index (χ3v) is 3.19. The van der Waals surface area contributed by atoms with Gasteiger partial charge in [-0.05, 0) is 42.3 Å². The number of hydrogen-bond donors (Lipinski definition) is 4. The number of phenolic OH excluding ortho intramolecular Hbond substituents is 2. The van der Waals surface area contributed by atoms with Gasteiger partial charge in [-0.1, -0.05) is 24.3 Å². The van der Waals surface area contributed by atoms with Gasteiger partial charge in [-0.3, -0.25) is 0 Å². The van der Waals surface area contributed by atoms with Gasteiger partial charge < -0.3 is 20.4 Å². The van der Waals surface area contributed by atoms with Crippen molar-refractivity contribution in [2.24, 2.45) is 0 Å².